The van der Waals surface area contributed by atoms with Gasteiger partial charge in [0.15, 0.2) is 0 Å². The van der Waals surface area contributed by atoms with Crippen LogP contribution >= 0.6 is 0 Å². The van der Waals surface area contributed by atoms with Gasteiger partial charge in [-0.1, -0.05) is 57.2 Å². The Morgan fingerprint density at radius 1 is 1.06 bits per heavy atom. The molecule has 0 bridgehead atoms. The summed E-state index contributed by atoms with van der Waals surface area (Å²) in [7, 11) is 1.69. The highest BCUT2D eigenvalue weighted by atomic mass is 16.5. The minimum atomic E-state index is -0.0973. The highest BCUT2D eigenvalue weighted by molar-refractivity contribution is 5.88. The van der Waals surface area contributed by atoms with Gasteiger partial charge in [0.25, 0.3) is 0 Å². The fraction of sp³-hybridized carbons (Fsp3) is 0.483. The number of carbonyl (C=O) groups excluding carboxylic acids is 1. The van der Waals surface area contributed by atoms with E-state index in [1.165, 1.54) is 10.9 Å². The van der Waals surface area contributed by atoms with Crippen LogP contribution in [-0.2, 0) is 11.2 Å². The summed E-state index contributed by atoms with van der Waals surface area (Å²) < 4.78 is 5.69. The summed E-state index contributed by atoms with van der Waals surface area (Å²) in [6.45, 7) is 11.9. The second-order valence-corrected chi connectivity index (χ2v) is 9.07. The van der Waals surface area contributed by atoms with Crippen molar-refractivity contribution in [2.45, 2.75) is 65.3 Å². The number of hydrogen-bond donors (Lipinski definition) is 2. The molecule has 34 heavy (non-hydrogen) atoms. The first kappa shape index (κ1) is 25.8. The molecular formula is C29H41N3O2. The van der Waals surface area contributed by atoms with Crippen LogP contribution in [0.1, 0.15) is 69.6 Å². The minimum Gasteiger partial charge on any atom is -0.496 e. The summed E-state index contributed by atoms with van der Waals surface area (Å²) in [4.78, 5) is 19.1. The number of amides is 1. The summed E-state index contributed by atoms with van der Waals surface area (Å²) >= 11 is 0. The minimum absolute atomic E-state index is 0.0761. The molecule has 5 nitrogen and oxygen atoms in total. The predicted molar refractivity (Wildman–Crippen MR) is 142 cm³/mol. The van der Waals surface area contributed by atoms with Gasteiger partial charge < -0.3 is 19.9 Å². The van der Waals surface area contributed by atoms with Gasteiger partial charge in [0.2, 0.25) is 5.91 Å². The average Bonchev–Trinajstić information content (AvgIpc) is 3.29. The number of aromatic nitrogens is 1. The molecule has 1 heterocycles. The van der Waals surface area contributed by atoms with Gasteiger partial charge in [0.1, 0.15) is 5.75 Å². The van der Waals surface area contributed by atoms with Gasteiger partial charge in [-0.15, -0.1) is 0 Å². The topological polar surface area (TPSA) is 57.4 Å². The van der Waals surface area contributed by atoms with Crippen molar-refractivity contribution in [2.75, 3.05) is 26.7 Å². The van der Waals surface area contributed by atoms with Gasteiger partial charge in [-0.05, 0) is 63.0 Å². The van der Waals surface area contributed by atoms with Gasteiger partial charge in [-0.2, -0.15) is 0 Å². The van der Waals surface area contributed by atoms with E-state index in [2.05, 4.69) is 73.4 Å². The Labute approximate surface area is 204 Å². The smallest absolute Gasteiger partial charge is 0.221 e. The number of para-hydroxylation sites is 2. The van der Waals surface area contributed by atoms with Gasteiger partial charge >= 0.3 is 0 Å². The average molecular weight is 464 g/mol. The Balaban J connectivity index is 1.81. The van der Waals surface area contributed by atoms with Crippen LogP contribution in [0.25, 0.3) is 10.9 Å². The summed E-state index contributed by atoms with van der Waals surface area (Å²) in [5.74, 6) is 0.792. The fourth-order valence-electron chi connectivity index (χ4n) is 4.92. The first-order valence-corrected chi connectivity index (χ1v) is 12.8. The van der Waals surface area contributed by atoms with Crippen LogP contribution in [-0.4, -0.2) is 48.6 Å². The Morgan fingerprint density at radius 2 is 1.82 bits per heavy atom. The number of aromatic amines is 1. The normalized spacial score (nSPS) is 13.2. The zero-order chi connectivity index (χ0) is 24.5. The van der Waals surface area contributed by atoms with Crippen LogP contribution in [0.5, 0.6) is 5.75 Å². The van der Waals surface area contributed by atoms with Crippen LogP contribution in [0, 0.1) is 0 Å². The van der Waals surface area contributed by atoms with Gasteiger partial charge in [-0.3, -0.25) is 4.79 Å². The van der Waals surface area contributed by atoms with Crippen LogP contribution in [0.3, 0.4) is 0 Å². The number of nitrogens with zero attached hydrogens (tertiary/aromatic N) is 1. The largest absolute Gasteiger partial charge is 0.496 e. The third-order valence-corrected chi connectivity index (χ3v) is 6.91. The van der Waals surface area contributed by atoms with Crippen molar-refractivity contribution in [3.63, 3.8) is 0 Å². The number of nitrogens with one attached hydrogen (secondary N) is 2. The number of H-pyrrole nitrogens is 1. The predicted octanol–water partition coefficient (Wildman–Crippen LogP) is 5.89. The molecular weight excluding hydrogens is 422 g/mol. The Morgan fingerprint density at radius 3 is 2.53 bits per heavy atom. The number of benzene rings is 2. The highest BCUT2D eigenvalue weighted by Crippen LogP contribution is 2.38. The maximum absolute atomic E-state index is 13.2. The number of carbonyl (C=O) groups is 1. The number of fused-ring (bicyclic) bond motifs is 1. The molecule has 0 aliphatic carbocycles. The van der Waals surface area contributed by atoms with E-state index in [0.717, 1.165) is 61.3 Å². The van der Waals surface area contributed by atoms with Crippen molar-refractivity contribution in [1.29, 1.82) is 0 Å². The second-order valence-electron chi connectivity index (χ2n) is 9.07. The third kappa shape index (κ3) is 6.20. The monoisotopic (exact) mass is 463 g/mol. The van der Waals surface area contributed by atoms with Crippen molar-refractivity contribution >= 4 is 16.8 Å². The Bertz CT molecular complexity index is 1050. The summed E-state index contributed by atoms with van der Waals surface area (Å²) in [6, 6.07) is 14.6. The molecule has 0 saturated heterocycles. The molecule has 2 aromatic carbocycles. The van der Waals surface area contributed by atoms with Crippen molar-refractivity contribution in [3.8, 4) is 5.75 Å². The van der Waals surface area contributed by atoms with E-state index in [4.69, 9.17) is 4.74 Å². The Kier molecular flexibility index (Phi) is 9.58. The molecule has 3 aromatic rings. The summed E-state index contributed by atoms with van der Waals surface area (Å²) in [6.07, 6.45) is 5.48. The fourth-order valence-corrected chi connectivity index (χ4v) is 4.92. The highest BCUT2D eigenvalue weighted by Gasteiger charge is 2.25. The second kappa shape index (κ2) is 12.6. The number of ether oxygens (including phenoxy) is 1. The molecule has 0 saturated carbocycles. The number of methoxy groups -OCH3 is 1. The Hall–Kier alpha value is -2.79. The van der Waals surface area contributed by atoms with E-state index < -0.39 is 0 Å². The molecule has 3 rings (SSSR count). The molecule has 2 N–H and O–H groups in total. The maximum Gasteiger partial charge on any atom is 0.221 e. The van der Waals surface area contributed by atoms with E-state index in [9.17, 15) is 4.79 Å². The van der Waals surface area contributed by atoms with Crippen molar-refractivity contribution in [3.05, 3.63) is 65.4 Å². The lowest BCUT2D eigenvalue weighted by Gasteiger charge is -2.22. The van der Waals surface area contributed by atoms with E-state index in [1.54, 1.807) is 7.11 Å². The third-order valence-electron chi connectivity index (χ3n) is 6.91. The molecule has 5 heteroatoms. The molecule has 1 aromatic heterocycles. The lowest BCUT2D eigenvalue weighted by atomic mass is 9.87. The molecule has 0 aliphatic rings. The molecule has 0 radical (unpaired) electrons. The molecule has 0 spiro atoms. The molecule has 184 valence electrons. The number of aryl methyl sites for hydroxylation is 1. The van der Waals surface area contributed by atoms with Crippen molar-refractivity contribution in [1.82, 2.24) is 15.2 Å². The SMILES string of the molecule is CCc1cccc2c([C@H](CC(=O)N[C@H](C)CCCN(CC)CC)c3ccccc3OC)c[nH]c12. The van der Waals surface area contributed by atoms with Gasteiger partial charge in [0, 0.05) is 41.0 Å². The zero-order valence-electron chi connectivity index (χ0n) is 21.5. The molecule has 0 unspecified atom stereocenters. The van der Waals surface area contributed by atoms with Crippen molar-refractivity contribution < 1.29 is 9.53 Å². The first-order valence-electron chi connectivity index (χ1n) is 12.8. The standard InChI is InChI=1S/C29H41N3O2/c1-6-22-14-11-16-24-26(20-30-29(22)24)25(23-15-9-10-17-27(23)34-5)19-28(33)31-21(4)13-12-18-32(7-2)8-3/h9-11,14-17,20-21,25,30H,6-8,12-13,18-19H2,1-5H3,(H,31,33)/t21-,25-/m1/s1. The number of hydrogen-bond acceptors (Lipinski definition) is 3. The van der Waals surface area contributed by atoms with Gasteiger partial charge in [-0.25, -0.2) is 0 Å². The zero-order valence-corrected chi connectivity index (χ0v) is 21.5. The van der Waals surface area contributed by atoms with Crippen LogP contribution < -0.4 is 10.1 Å². The maximum atomic E-state index is 13.2. The lowest BCUT2D eigenvalue weighted by molar-refractivity contribution is -0.121. The molecule has 0 aliphatic heterocycles. The first-order chi connectivity index (χ1) is 16.5. The molecule has 2 atom stereocenters. The van der Waals surface area contributed by atoms with E-state index in [1.807, 2.05) is 18.2 Å². The summed E-state index contributed by atoms with van der Waals surface area (Å²) in [5, 5.41) is 4.43. The van der Waals surface area contributed by atoms with E-state index in [0.29, 0.717) is 6.42 Å². The van der Waals surface area contributed by atoms with Crippen LogP contribution in [0.2, 0.25) is 0 Å². The van der Waals surface area contributed by atoms with E-state index in [-0.39, 0.29) is 17.9 Å². The van der Waals surface area contributed by atoms with Crippen molar-refractivity contribution in [2.24, 2.45) is 0 Å². The van der Waals surface area contributed by atoms with E-state index >= 15 is 0 Å². The quantitative estimate of drug-likeness (QED) is 0.332. The number of rotatable bonds is 13. The molecule has 0 fully saturated rings. The van der Waals surface area contributed by atoms with Crippen LogP contribution in [0.4, 0.5) is 0 Å². The molecule has 1 amide bonds. The lowest BCUT2D eigenvalue weighted by Crippen LogP contribution is -2.34. The summed E-state index contributed by atoms with van der Waals surface area (Å²) in [5.41, 5.74) is 4.62. The van der Waals surface area contributed by atoms with Gasteiger partial charge in [0.05, 0.1) is 7.11 Å². The van der Waals surface area contributed by atoms with Crippen LogP contribution in [0.15, 0.2) is 48.7 Å².